The van der Waals surface area contributed by atoms with Gasteiger partial charge in [-0.25, -0.2) is 25.9 Å². The molecule has 9 heteroatoms. The fourth-order valence-corrected chi connectivity index (χ4v) is 6.26. The Balaban J connectivity index is 1.63. The van der Waals surface area contributed by atoms with Crippen molar-refractivity contribution >= 4 is 20.0 Å². The number of benzene rings is 2. The summed E-state index contributed by atoms with van der Waals surface area (Å²) in [6.07, 6.45) is 3.59. The first-order valence-corrected chi connectivity index (χ1v) is 14.2. The molecule has 1 saturated heterocycles. The third-order valence-corrected chi connectivity index (χ3v) is 8.56. The molecule has 7 nitrogen and oxygen atoms in total. The molecule has 1 aliphatic rings. The smallest absolute Gasteiger partial charge is 0.242 e. The highest BCUT2D eigenvalue weighted by molar-refractivity contribution is 7.89. The molecule has 1 atom stereocenters. The molecule has 2 aromatic carbocycles. The van der Waals surface area contributed by atoms with Crippen LogP contribution >= 0.6 is 0 Å². The van der Waals surface area contributed by atoms with Crippen molar-refractivity contribution in [3.8, 4) is 0 Å². The Morgan fingerprint density at radius 1 is 0.969 bits per heavy atom. The number of likely N-dealkylation sites (N-methyl/N-ethyl adjacent to an activating group) is 1. The maximum atomic E-state index is 13.0. The van der Waals surface area contributed by atoms with Gasteiger partial charge in [0.25, 0.3) is 0 Å². The normalized spacial score (nSPS) is 17.5. The Hall–Kier alpha value is -1.78. The molecule has 0 spiro atoms. The van der Waals surface area contributed by atoms with Gasteiger partial charge in [0.2, 0.25) is 20.0 Å². The first kappa shape index (κ1) is 24.9. The van der Waals surface area contributed by atoms with E-state index < -0.39 is 20.0 Å². The summed E-state index contributed by atoms with van der Waals surface area (Å²) in [5, 5.41) is 0. The van der Waals surface area contributed by atoms with Gasteiger partial charge in [0.05, 0.1) is 11.2 Å². The fourth-order valence-electron chi connectivity index (χ4n) is 4.19. The number of likely N-dealkylation sites (tertiary alicyclic amines) is 1. The van der Waals surface area contributed by atoms with E-state index in [2.05, 4.69) is 21.8 Å². The van der Waals surface area contributed by atoms with E-state index in [-0.39, 0.29) is 12.0 Å². The summed E-state index contributed by atoms with van der Waals surface area (Å²) in [6.45, 7) is 2.89. The molecule has 0 aromatic heterocycles. The lowest BCUT2D eigenvalue weighted by atomic mass is 9.95. The van der Waals surface area contributed by atoms with Crippen LogP contribution in [0, 0.1) is 0 Å². The number of rotatable bonds is 10. The third kappa shape index (κ3) is 7.11. The van der Waals surface area contributed by atoms with E-state index in [0.29, 0.717) is 11.4 Å². The average Bonchev–Trinajstić information content (AvgIpc) is 2.77. The zero-order chi connectivity index (χ0) is 23.2. The van der Waals surface area contributed by atoms with E-state index >= 15 is 0 Å². The summed E-state index contributed by atoms with van der Waals surface area (Å²) >= 11 is 0. The highest BCUT2D eigenvalue weighted by atomic mass is 32.2. The van der Waals surface area contributed by atoms with Gasteiger partial charge in [-0.3, -0.25) is 0 Å². The zero-order valence-electron chi connectivity index (χ0n) is 18.7. The van der Waals surface area contributed by atoms with Crippen LogP contribution in [0.5, 0.6) is 0 Å². The van der Waals surface area contributed by atoms with Crippen LogP contribution < -0.4 is 4.72 Å². The highest BCUT2D eigenvalue weighted by Crippen LogP contribution is 2.25. The highest BCUT2D eigenvalue weighted by Gasteiger charge is 2.26. The fraction of sp³-hybridized carbons (Fsp3) is 0.478. The van der Waals surface area contributed by atoms with Crippen LogP contribution in [0.1, 0.15) is 30.7 Å². The van der Waals surface area contributed by atoms with Crippen LogP contribution in [0.3, 0.4) is 0 Å². The summed E-state index contributed by atoms with van der Waals surface area (Å²) in [4.78, 5) is 2.64. The molecule has 3 rings (SSSR count). The van der Waals surface area contributed by atoms with Gasteiger partial charge in [-0.05, 0) is 62.5 Å². The number of hydrogen-bond acceptors (Lipinski definition) is 5. The van der Waals surface area contributed by atoms with E-state index in [1.165, 1.54) is 10.6 Å². The number of sulfonamides is 2. The van der Waals surface area contributed by atoms with Gasteiger partial charge < -0.3 is 4.90 Å². The van der Waals surface area contributed by atoms with E-state index in [1.807, 2.05) is 18.2 Å². The van der Waals surface area contributed by atoms with Gasteiger partial charge in [-0.15, -0.1) is 0 Å². The minimum absolute atomic E-state index is 0.00619. The molecular weight excluding hydrogens is 446 g/mol. The minimum atomic E-state index is -3.56. The van der Waals surface area contributed by atoms with Crippen LogP contribution in [0.15, 0.2) is 65.6 Å². The topological polar surface area (TPSA) is 86.8 Å². The maximum absolute atomic E-state index is 13.0. The Kier molecular flexibility index (Phi) is 8.46. The molecule has 1 N–H and O–H groups in total. The first-order chi connectivity index (χ1) is 15.1. The van der Waals surface area contributed by atoms with Crippen LogP contribution in [-0.2, 0) is 20.0 Å². The Labute approximate surface area is 192 Å². The van der Waals surface area contributed by atoms with Gasteiger partial charge in [0.15, 0.2) is 0 Å². The van der Waals surface area contributed by atoms with Crippen LogP contribution in [-0.4, -0.2) is 71.6 Å². The summed E-state index contributed by atoms with van der Waals surface area (Å²) in [5.41, 5.74) is 1.12. The van der Waals surface area contributed by atoms with Crippen LogP contribution in [0.4, 0.5) is 0 Å². The summed E-state index contributed by atoms with van der Waals surface area (Å²) in [5.74, 6) is 0.0616. The second kappa shape index (κ2) is 10.9. The predicted octanol–water partition coefficient (Wildman–Crippen LogP) is 2.49. The van der Waals surface area contributed by atoms with Crippen LogP contribution in [0.25, 0.3) is 0 Å². The summed E-state index contributed by atoms with van der Waals surface area (Å²) in [6, 6.07) is 18.5. The molecule has 1 heterocycles. The summed E-state index contributed by atoms with van der Waals surface area (Å²) in [7, 11) is -5.10. The van der Waals surface area contributed by atoms with Gasteiger partial charge in [-0.2, -0.15) is 0 Å². The molecule has 32 heavy (non-hydrogen) atoms. The number of nitrogens with one attached hydrogen (secondary N) is 1. The molecular formula is C23H33N3O4S2. The minimum Gasteiger partial charge on any atom is -0.303 e. The number of hydrogen-bond donors (Lipinski definition) is 1. The first-order valence-electron chi connectivity index (χ1n) is 10.9. The van der Waals surface area contributed by atoms with Crippen molar-refractivity contribution in [2.24, 2.45) is 0 Å². The molecule has 2 aromatic rings. The largest absolute Gasteiger partial charge is 0.303 e. The molecule has 1 aliphatic heterocycles. The van der Waals surface area contributed by atoms with Crippen molar-refractivity contribution in [1.29, 1.82) is 0 Å². The number of nitrogens with zero attached hydrogens (tertiary/aromatic N) is 2. The van der Waals surface area contributed by atoms with Gasteiger partial charge >= 0.3 is 0 Å². The van der Waals surface area contributed by atoms with Crippen molar-refractivity contribution in [1.82, 2.24) is 13.9 Å². The van der Waals surface area contributed by atoms with E-state index in [4.69, 9.17) is 0 Å². The molecule has 0 saturated carbocycles. The standard InChI is InChI=1S/C23H33N3O4S2/c1-25(32(29,30)23-11-7-4-8-12-23)19-21(20-9-5-3-6-10-20)13-16-26-17-14-22(15-18-26)24-31(2,27)28/h3-12,21-22,24H,13-19H2,1-2H3. The lowest BCUT2D eigenvalue weighted by Gasteiger charge is -2.33. The Morgan fingerprint density at radius 3 is 2.09 bits per heavy atom. The monoisotopic (exact) mass is 479 g/mol. The lowest BCUT2D eigenvalue weighted by molar-refractivity contribution is 0.199. The quantitative estimate of drug-likeness (QED) is 0.566. The van der Waals surface area contributed by atoms with Crippen molar-refractivity contribution in [3.63, 3.8) is 0 Å². The second-order valence-electron chi connectivity index (χ2n) is 8.50. The van der Waals surface area contributed by atoms with Crippen molar-refractivity contribution in [3.05, 3.63) is 66.2 Å². The average molecular weight is 480 g/mol. The van der Waals surface area contributed by atoms with Crippen molar-refractivity contribution in [2.75, 3.05) is 39.5 Å². The molecule has 1 unspecified atom stereocenters. The van der Waals surface area contributed by atoms with Gasteiger partial charge in [0.1, 0.15) is 0 Å². The molecule has 0 amide bonds. The van der Waals surface area contributed by atoms with Gasteiger partial charge in [-0.1, -0.05) is 48.5 Å². The van der Waals surface area contributed by atoms with E-state index in [1.54, 1.807) is 37.4 Å². The zero-order valence-corrected chi connectivity index (χ0v) is 20.4. The van der Waals surface area contributed by atoms with Gasteiger partial charge in [0, 0.05) is 19.6 Å². The third-order valence-electron chi connectivity index (χ3n) is 5.96. The molecule has 0 bridgehead atoms. The second-order valence-corrected chi connectivity index (χ2v) is 12.3. The Bertz CT molecular complexity index is 1050. The molecule has 1 fully saturated rings. The molecule has 0 radical (unpaired) electrons. The summed E-state index contributed by atoms with van der Waals surface area (Å²) < 4.78 is 53.1. The van der Waals surface area contributed by atoms with Crippen LogP contribution in [0.2, 0.25) is 0 Å². The van der Waals surface area contributed by atoms with E-state index in [9.17, 15) is 16.8 Å². The molecule has 0 aliphatic carbocycles. The SMILES string of the molecule is CN(CC(CCN1CCC(NS(C)(=O)=O)CC1)c1ccccc1)S(=O)(=O)c1ccccc1. The lowest BCUT2D eigenvalue weighted by Crippen LogP contribution is -2.44. The van der Waals surface area contributed by atoms with Crippen molar-refractivity contribution in [2.45, 2.75) is 36.1 Å². The Morgan fingerprint density at radius 2 is 1.53 bits per heavy atom. The molecule has 176 valence electrons. The number of piperidine rings is 1. The predicted molar refractivity (Wildman–Crippen MR) is 127 cm³/mol. The maximum Gasteiger partial charge on any atom is 0.242 e. The van der Waals surface area contributed by atoms with E-state index in [0.717, 1.165) is 44.5 Å². The van der Waals surface area contributed by atoms with Crippen molar-refractivity contribution < 1.29 is 16.8 Å².